The van der Waals surface area contributed by atoms with Gasteiger partial charge in [0.05, 0.1) is 12.5 Å². The number of imide groups is 1. The van der Waals surface area contributed by atoms with Gasteiger partial charge in [-0.15, -0.1) is 0 Å². The molecule has 3 atom stereocenters. The van der Waals surface area contributed by atoms with Crippen molar-refractivity contribution in [3.63, 3.8) is 0 Å². The van der Waals surface area contributed by atoms with Crippen molar-refractivity contribution in [3.05, 3.63) is 12.2 Å². The molecule has 1 aliphatic heterocycles. The average molecular weight is 369 g/mol. The first-order valence-electron chi connectivity index (χ1n) is 9.30. The Bertz CT molecular complexity index is 510. The second-order valence-electron chi connectivity index (χ2n) is 7.55. The molecule has 7 nitrogen and oxygen atoms in total. The Labute approximate surface area is 155 Å². The summed E-state index contributed by atoms with van der Waals surface area (Å²) in [6.07, 6.45) is 5.80. The van der Waals surface area contributed by atoms with Gasteiger partial charge in [-0.2, -0.15) is 4.89 Å². The molecule has 2 aliphatic rings. The molecular weight excluding hydrogens is 338 g/mol. The summed E-state index contributed by atoms with van der Waals surface area (Å²) in [6.45, 7) is 6.71. The number of rotatable bonds is 9. The number of amides is 2. The number of ether oxygens (including phenoxy) is 2. The number of hydrogen-bond donors (Lipinski definition) is 0. The molecule has 26 heavy (non-hydrogen) atoms. The second kappa shape index (κ2) is 9.08. The van der Waals surface area contributed by atoms with Gasteiger partial charge in [0.2, 0.25) is 0 Å². The fourth-order valence-electron chi connectivity index (χ4n) is 3.66. The highest BCUT2D eigenvalue weighted by Crippen LogP contribution is 2.36. The van der Waals surface area contributed by atoms with Crippen LogP contribution < -0.4 is 0 Å². The van der Waals surface area contributed by atoms with E-state index in [4.69, 9.17) is 19.2 Å². The zero-order chi connectivity index (χ0) is 19.3. The molecule has 1 heterocycles. The van der Waals surface area contributed by atoms with Crippen LogP contribution >= 0.6 is 0 Å². The molecule has 7 heteroatoms. The molecule has 0 bridgehead atoms. The van der Waals surface area contributed by atoms with Crippen LogP contribution in [0.1, 0.15) is 46.5 Å². The molecule has 1 aliphatic carbocycles. The van der Waals surface area contributed by atoms with Crippen molar-refractivity contribution in [1.29, 1.82) is 0 Å². The van der Waals surface area contributed by atoms with Gasteiger partial charge in [0.1, 0.15) is 0 Å². The van der Waals surface area contributed by atoms with E-state index in [0.717, 1.165) is 17.7 Å². The van der Waals surface area contributed by atoms with Crippen LogP contribution in [-0.2, 0) is 28.8 Å². The van der Waals surface area contributed by atoms with Gasteiger partial charge in [0.15, 0.2) is 0 Å². The summed E-state index contributed by atoms with van der Waals surface area (Å²) in [5.41, 5.74) is 0. The molecule has 0 N–H and O–H groups in total. The minimum atomic E-state index is -1.47. The van der Waals surface area contributed by atoms with Gasteiger partial charge in [-0.25, -0.2) is 4.89 Å². The van der Waals surface area contributed by atoms with Crippen LogP contribution in [0.4, 0.5) is 0 Å². The Kier molecular flexibility index (Phi) is 7.34. The third kappa shape index (κ3) is 4.91. The van der Waals surface area contributed by atoms with E-state index in [1.165, 1.54) is 32.8 Å². The number of nitrogens with zero attached hydrogens (tertiary/aromatic N) is 1. The number of carbonyl (C=O) groups is 2. The van der Waals surface area contributed by atoms with Crippen molar-refractivity contribution in [1.82, 2.24) is 4.90 Å². The molecule has 0 saturated heterocycles. The highest BCUT2D eigenvalue weighted by Gasteiger charge is 2.39. The van der Waals surface area contributed by atoms with Crippen LogP contribution in [0.2, 0.25) is 0 Å². The lowest BCUT2D eigenvalue weighted by molar-refractivity contribution is -0.515. The van der Waals surface area contributed by atoms with Crippen molar-refractivity contribution in [3.8, 4) is 0 Å². The van der Waals surface area contributed by atoms with Gasteiger partial charge in [-0.05, 0) is 30.6 Å². The molecule has 1 saturated carbocycles. The molecule has 0 aromatic rings. The first kappa shape index (κ1) is 21.0. The molecule has 148 valence electrons. The fourth-order valence-corrected chi connectivity index (χ4v) is 3.66. The summed E-state index contributed by atoms with van der Waals surface area (Å²) in [7, 11) is 2.89. The molecule has 0 radical (unpaired) electrons. The quantitative estimate of drug-likeness (QED) is 0.269. The van der Waals surface area contributed by atoms with Crippen LogP contribution in [-0.4, -0.2) is 49.6 Å². The molecule has 2 amide bonds. The Morgan fingerprint density at radius 1 is 1.15 bits per heavy atom. The van der Waals surface area contributed by atoms with Crippen LogP contribution in [0.25, 0.3) is 0 Å². The van der Waals surface area contributed by atoms with Crippen molar-refractivity contribution in [2.24, 2.45) is 17.8 Å². The van der Waals surface area contributed by atoms with Crippen molar-refractivity contribution < 1.29 is 28.8 Å². The summed E-state index contributed by atoms with van der Waals surface area (Å²) in [6, 6.07) is 0. The monoisotopic (exact) mass is 369 g/mol. The van der Waals surface area contributed by atoms with E-state index in [1.807, 2.05) is 0 Å². The van der Waals surface area contributed by atoms with Crippen LogP contribution in [0.3, 0.4) is 0 Å². The lowest BCUT2D eigenvalue weighted by atomic mass is 9.75. The summed E-state index contributed by atoms with van der Waals surface area (Å²) >= 11 is 0. The number of hydrogen-bond acceptors (Lipinski definition) is 6. The van der Waals surface area contributed by atoms with Crippen molar-refractivity contribution >= 4 is 11.8 Å². The Hall–Kier alpha value is -1.28. The van der Waals surface area contributed by atoms with Gasteiger partial charge in [0.25, 0.3) is 11.8 Å². The maximum absolute atomic E-state index is 11.7. The second-order valence-corrected chi connectivity index (χ2v) is 7.55. The van der Waals surface area contributed by atoms with Crippen LogP contribution in [0.15, 0.2) is 12.2 Å². The lowest BCUT2D eigenvalue weighted by Gasteiger charge is -2.38. The van der Waals surface area contributed by atoms with E-state index in [9.17, 15) is 9.59 Å². The molecular formula is C19H31NO6. The predicted octanol–water partition coefficient (Wildman–Crippen LogP) is 2.66. The number of methoxy groups -OCH3 is 2. The maximum Gasteiger partial charge on any atom is 0.313 e. The summed E-state index contributed by atoms with van der Waals surface area (Å²) < 4.78 is 10.8. The molecule has 0 spiro atoms. The number of carbonyl (C=O) groups excluding carboxylic acids is 2. The molecule has 0 aromatic carbocycles. The Morgan fingerprint density at radius 2 is 1.77 bits per heavy atom. The normalized spacial score (nSPS) is 27.0. The highest BCUT2D eigenvalue weighted by molar-refractivity contribution is 6.12. The van der Waals surface area contributed by atoms with Crippen molar-refractivity contribution in [2.75, 3.05) is 20.8 Å². The zero-order valence-corrected chi connectivity index (χ0v) is 16.4. The highest BCUT2D eigenvalue weighted by atomic mass is 17.3. The summed E-state index contributed by atoms with van der Waals surface area (Å²) in [5, 5.41) is 0. The SMILES string of the molecule is COC(CCN1C(=O)C=CC1=O)(OC)OOC1CC(C)CCC1C(C)C. The minimum absolute atomic E-state index is 0.0415. The first-order chi connectivity index (χ1) is 12.3. The third-order valence-electron chi connectivity index (χ3n) is 5.42. The molecule has 3 unspecified atom stereocenters. The van der Waals surface area contributed by atoms with E-state index in [0.29, 0.717) is 17.8 Å². The van der Waals surface area contributed by atoms with Gasteiger partial charge < -0.3 is 9.47 Å². The van der Waals surface area contributed by atoms with E-state index < -0.39 is 5.97 Å². The Morgan fingerprint density at radius 3 is 2.31 bits per heavy atom. The first-order valence-corrected chi connectivity index (χ1v) is 9.30. The standard InChI is InChI=1S/C19H31NO6/c1-13(2)15-7-6-14(3)12-16(15)25-26-19(23-4,24-5)10-11-20-17(21)8-9-18(20)22/h8-9,13-16H,6-7,10-12H2,1-5H3. The lowest BCUT2D eigenvalue weighted by Crippen LogP contribution is -2.44. The molecule has 1 fully saturated rings. The zero-order valence-electron chi connectivity index (χ0n) is 16.4. The topological polar surface area (TPSA) is 74.3 Å². The summed E-state index contributed by atoms with van der Waals surface area (Å²) in [5.74, 6) is -0.698. The minimum Gasteiger partial charge on any atom is -0.329 e. The summed E-state index contributed by atoms with van der Waals surface area (Å²) in [4.78, 5) is 35.9. The van der Waals surface area contributed by atoms with Gasteiger partial charge >= 0.3 is 5.97 Å². The van der Waals surface area contributed by atoms with Gasteiger partial charge in [-0.3, -0.25) is 14.5 Å². The van der Waals surface area contributed by atoms with Crippen molar-refractivity contribution in [2.45, 2.75) is 58.5 Å². The van der Waals surface area contributed by atoms with E-state index in [2.05, 4.69) is 20.8 Å². The smallest absolute Gasteiger partial charge is 0.313 e. The van der Waals surface area contributed by atoms with E-state index in [1.54, 1.807) is 0 Å². The van der Waals surface area contributed by atoms with E-state index >= 15 is 0 Å². The van der Waals surface area contributed by atoms with Gasteiger partial charge in [0, 0.05) is 32.9 Å². The van der Waals surface area contributed by atoms with Crippen LogP contribution in [0, 0.1) is 17.8 Å². The third-order valence-corrected chi connectivity index (χ3v) is 5.42. The fraction of sp³-hybridized carbons (Fsp3) is 0.789. The average Bonchev–Trinajstić information content (AvgIpc) is 2.94. The Balaban J connectivity index is 1.97. The maximum atomic E-state index is 11.7. The van der Waals surface area contributed by atoms with E-state index in [-0.39, 0.29) is 30.9 Å². The van der Waals surface area contributed by atoms with Gasteiger partial charge in [-0.1, -0.05) is 27.2 Å². The molecule has 2 rings (SSSR count). The van der Waals surface area contributed by atoms with Crippen LogP contribution in [0.5, 0.6) is 0 Å². The molecule has 0 aromatic heterocycles. The predicted molar refractivity (Wildman–Crippen MR) is 94.5 cm³/mol. The largest absolute Gasteiger partial charge is 0.329 e.